The molecule has 0 aliphatic heterocycles. The molecule has 106 valence electrons. The predicted molar refractivity (Wildman–Crippen MR) is 74.8 cm³/mol. The zero-order chi connectivity index (χ0) is 14.9. The molecule has 1 heterocycles. The summed E-state index contributed by atoms with van der Waals surface area (Å²) in [6.45, 7) is 0. The lowest BCUT2D eigenvalue weighted by molar-refractivity contribution is 0.0818. The van der Waals surface area contributed by atoms with Crippen LogP contribution >= 0.6 is 23.1 Å². The van der Waals surface area contributed by atoms with Crippen LogP contribution in [0.25, 0.3) is 0 Å². The third-order valence-corrected chi connectivity index (χ3v) is 5.67. The lowest BCUT2D eigenvalue weighted by Crippen LogP contribution is -2.23. The molecule has 0 spiro atoms. The van der Waals surface area contributed by atoms with E-state index in [4.69, 9.17) is 11.6 Å². The summed E-state index contributed by atoms with van der Waals surface area (Å²) in [5.41, 5.74) is -0.171. The molecule has 0 aliphatic rings. The van der Waals surface area contributed by atoms with Crippen LogP contribution in [0, 0.1) is 0 Å². The molecule has 20 heavy (non-hydrogen) atoms. The number of halogens is 1. The molecule has 0 fully saturated rings. The van der Waals surface area contributed by atoms with Crippen LogP contribution in [0.4, 0.5) is 0 Å². The summed E-state index contributed by atoms with van der Waals surface area (Å²) in [6, 6.07) is 5.69. The van der Waals surface area contributed by atoms with Gasteiger partial charge in [0.1, 0.15) is 0 Å². The fourth-order valence-electron chi connectivity index (χ4n) is 1.42. The van der Waals surface area contributed by atoms with Gasteiger partial charge in [0.15, 0.2) is 9.90 Å². The van der Waals surface area contributed by atoms with Gasteiger partial charge in [0.2, 0.25) is 9.84 Å². The zero-order valence-electron chi connectivity index (χ0n) is 10.6. The van der Waals surface area contributed by atoms with Gasteiger partial charge in [-0.3, -0.25) is 4.79 Å². The van der Waals surface area contributed by atoms with Crippen molar-refractivity contribution < 1.29 is 13.2 Å². The zero-order valence-corrected chi connectivity index (χ0v) is 13.0. The van der Waals surface area contributed by atoms with Crippen molar-refractivity contribution in [3.05, 3.63) is 35.0 Å². The number of benzene rings is 1. The largest absolute Gasteiger partial charge is 0.343 e. The first-order valence-corrected chi connectivity index (χ1v) is 8.02. The van der Waals surface area contributed by atoms with E-state index in [0.29, 0.717) is 16.6 Å². The molecule has 0 atom stereocenters. The molecule has 2 aromatic rings. The molecule has 6 nitrogen and oxygen atoms in total. The number of amides is 1. The third kappa shape index (κ3) is 2.67. The fraction of sp³-hybridized carbons (Fsp3) is 0.182. The van der Waals surface area contributed by atoms with Gasteiger partial charge in [-0.1, -0.05) is 16.1 Å². The molecule has 0 saturated heterocycles. The van der Waals surface area contributed by atoms with Crippen LogP contribution in [-0.2, 0) is 9.84 Å². The molecule has 1 amide bonds. The van der Waals surface area contributed by atoms with Crippen molar-refractivity contribution >= 4 is 38.9 Å². The summed E-state index contributed by atoms with van der Waals surface area (Å²) in [5, 5.41) is 4.05. The number of rotatable bonds is 3. The second kappa shape index (κ2) is 5.47. The molecule has 1 aromatic heterocycles. The van der Waals surface area contributed by atoms with E-state index in [1.807, 2.05) is 0 Å². The van der Waals surface area contributed by atoms with Crippen molar-refractivity contribution in [2.24, 2.45) is 0 Å². The van der Waals surface area contributed by atoms with Crippen LogP contribution < -0.4 is 0 Å². The fourth-order valence-corrected chi connectivity index (χ4v) is 3.83. The Hall–Kier alpha value is -1.51. The van der Waals surface area contributed by atoms with Crippen molar-refractivity contribution in [1.82, 2.24) is 14.5 Å². The van der Waals surface area contributed by atoms with Gasteiger partial charge in [0.05, 0.1) is 4.90 Å². The number of carbonyl (C=O) groups excluding carboxylic acids is 1. The molecule has 1 aromatic carbocycles. The molecule has 0 radical (unpaired) electrons. The molecular weight excluding hydrogens is 322 g/mol. The van der Waals surface area contributed by atoms with Crippen LogP contribution in [0.2, 0.25) is 5.02 Å². The standard InChI is InChI=1S/C11H10ClN3O3S2/c1-15(2)10(16)9-11(19-14-13-9)20(17,18)8-5-3-7(12)4-6-8/h3-6H,1-2H3. The minimum atomic E-state index is -3.83. The van der Waals surface area contributed by atoms with Gasteiger partial charge in [-0.05, 0) is 24.3 Å². The smallest absolute Gasteiger partial charge is 0.276 e. The van der Waals surface area contributed by atoms with E-state index in [1.165, 1.54) is 43.3 Å². The molecular formula is C11H10ClN3O3S2. The summed E-state index contributed by atoms with van der Waals surface area (Å²) >= 11 is 6.40. The molecule has 0 saturated carbocycles. The Bertz CT molecular complexity index is 739. The van der Waals surface area contributed by atoms with Gasteiger partial charge >= 0.3 is 0 Å². The van der Waals surface area contributed by atoms with Crippen molar-refractivity contribution in [2.45, 2.75) is 9.10 Å². The highest BCUT2D eigenvalue weighted by Gasteiger charge is 2.29. The average molecular weight is 332 g/mol. The molecule has 2 rings (SSSR count). The van der Waals surface area contributed by atoms with Crippen molar-refractivity contribution in [3.63, 3.8) is 0 Å². The van der Waals surface area contributed by atoms with Gasteiger partial charge in [0.25, 0.3) is 5.91 Å². The quantitative estimate of drug-likeness (QED) is 0.855. The normalized spacial score (nSPS) is 11.3. The van der Waals surface area contributed by atoms with Gasteiger partial charge in [0, 0.05) is 30.7 Å². The first kappa shape index (κ1) is 14.9. The minimum Gasteiger partial charge on any atom is -0.343 e. The Morgan fingerprint density at radius 2 is 1.85 bits per heavy atom. The summed E-state index contributed by atoms with van der Waals surface area (Å²) in [6.07, 6.45) is 0. The van der Waals surface area contributed by atoms with Crippen molar-refractivity contribution in [1.29, 1.82) is 0 Å². The number of hydrogen-bond acceptors (Lipinski definition) is 6. The van der Waals surface area contributed by atoms with Crippen LogP contribution in [0.3, 0.4) is 0 Å². The second-order valence-corrected chi connectivity index (χ2v) is 7.40. The van der Waals surface area contributed by atoms with E-state index in [0.717, 1.165) is 0 Å². The van der Waals surface area contributed by atoms with Crippen LogP contribution in [0.1, 0.15) is 10.5 Å². The number of sulfone groups is 1. The Balaban J connectivity index is 2.54. The van der Waals surface area contributed by atoms with E-state index < -0.39 is 15.7 Å². The lowest BCUT2D eigenvalue weighted by atomic mass is 10.4. The third-order valence-electron chi connectivity index (χ3n) is 2.43. The molecule has 0 N–H and O–H groups in total. The molecule has 0 unspecified atom stereocenters. The van der Waals surface area contributed by atoms with Crippen LogP contribution in [0.5, 0.6) is 0 Å². The van der Waals surface area contributed by atoms with Crippen molar-refractivity contribution in [2.75, 3.05) is 14.1 Å². The Morgan fingerprint density at radius 3 is 2.40 bits per heavy atom. The van der Waals surface area contributed by atoms with Gasteiger partial charge in [-0.25, -0.2) is 8.42 Å². The van der Waals surface area contributed by atoms with Gasteiger partial charge < -0.3 is 4.90 Å². The first-order chi connectivity index (χ1) is 9.34. The number of nitrogens with zero attached hydrogens (tertiary/aromatic N) is 3. The maximum Gasteiger partial charge on any atom is 0.276 e. The van der Waals surface area contributed by atoms with E-state index in [-0.39, 0.29) is 14.8 Å². The summed E-state index contributed by atoms with van der Waals surface area (Å²) in [4.78, 5) is 13.2. The second-order valence-electron chi connectivity index (χ2n) is 4.07. The van der Waals surface area contributed by atoms with E-state index in [9.17, 15) is 13.2 Å². The maximum absolute atomic E-state index is 12.5. The van der Waals surface area contributed by atoms with Gasteiger partial charge in [-0.15, -0.1) is 5.10 Å². The highest BCUT2D eigenvalue weighted by molar-refractivity contribution is 7.93. The highest BCUT2D eigenvalue weighted by atomic mass is 35.5. The van der Waals surface area contributed by atoms with Crippen LogP contribution in [-0.4, -0.2) is 42.9 Å². The average Bonchev–Trinajstić information content (AvgIpc) is 2.88. The SMILES string of the molecule is CN(C)C(=O)c1nnsc1S(=O)(=O)c1ccc(Cl)cc1. The molecule has 0 bridgehead atoms. The number of carbonyl (C=O) groups is 1. The Labute approximate surface area is 125 Å². The summed E-state index contributed by atoms with van der Waals surface area (Å²) < 4.78 is 28.3. The number of hydrogen-bond donors (Lipinski definition) is 0. The Morgan fingerprint density at radius 1 is 1.25 bits per heavy atom. The topological polar surface area (TPSA) is 80.2 Å². The predicted octanol–water partition coefficient (Wildman–Crippen LogP) is 1.73. The summed E-state index contributed by atoms with van der Waals surface area (Å²) in [5.74, 6) is -0.508. The minimum absolute atomic E-state index is 0.0424. The monoisotopic (exact) mass is 331 g/mol. The number of aromatic nitrogens is 2. The summed E-state index contributed by atoms with van der Waals surface area (Å²) in [7, 11) is -0.806. The van der Waals surface area contributed by atoms with E-state index >= 15 is 0 Å². The van der Waals surface area contributed by atoms with Crippen molar-refractivity contribution in [3.8, 4) is 0 Å². The Kier molecular flexibility index (Phi) is 4.07. The first-order valence-electron chi connectivity index (χ1n) is 5.38. The van der Waals surface area contributed by atoms with E-state index in [1.54, 1.807) is 0 Å². The molecule has 9 heteroatoms. The van der Waals surface area contributed by atoms with E-state index in [2.05, 4.69) is 9.59 Å². The lowest BCUT2D eigenvalue weighted by Gasteiger charge is -2.09. The van der Waals surface area contributed by atoms with Gasteiger partial charge in [-0.2, -0.15) is 0 Å². The molecule has 0 aliphatic carbocycles. The maximum atomic E-state index is 12.5. The highest BCUT2D eigenvalue weighted by Crippen LogP contribution is 2.27. The van der Waals surface area contributed by atoms with Crippen LogP contribution in [0.15, 0.2) is 33.4 Å².